The first kappa shape index (κ1) is 12.7. The molecule has 4 nitrogen and oxygen atoms in total. The van der Waals surface area contributed by atoms with E-state index in [1.165, 1.54) is 6.07 Å². The van der Waals surface area contributed by atoms with E-state index in [-0.39, 0.29) is 0 Å². The zero-order valence-corrected chi connectivity index (χ0v) is 9.28. The van der Waals surface area contributed by atoms with Crippen molar-refractivity contribution in [2.75, 3.05) is 6.54 Å². The van der Waals surface area contributed by atoms with Crippen molar-refractivity contribution in [2.45, 2.75) is 25.1 Å². The summed E-state index contributed by atoms with van der Waals surface area (Å²) in [6.07, 6.45) is -3.48. The van der Waals surface area contributed by atoms with Crippen molar-refractivity contribution in [1.29, 1.82) is 0 Å². The fourth-order valence-electron chi connectivity index (χ4n) is 2.10. The molecule has 1 fully saturated rings. The van der Waals surface area contributed by atoms with Gasteiger partial charge in [-0.3, -0.25) is 4.98 Å². The molecule has 0 aliphatic carbocycles. The van der Waals surface area contributed by atoms with Crippen LogP contribution in [0, 0.1) is 0 Å². The highest BCUT2D eigenvalue weighted by atomic mass is 19.4. The number of alkyl halides is 3. The summed E-state index contributed by atoms with van der Waals surface area (Å²) in [6.45, 7) is 0.341. The molecule has 0 aromatic carbocycles. The third kappa shape index (κ3) is 2.39. The molecule has 1 saturated heterocycles. The van der Waals surface area contributed by atoms with Gasteiger partial charge in [0.1, 0.15) is 11.8 Å². The number of nitrogens with zero attached hydrogens (tertiary/aromatic N) is 2. The van der Waals surface area contributed by atoms with Crippen LogP contribution in [0.5, 0.6) is 0 Å². The molecule has 1 amide bonds. The lowest BCUT2D eigenvalue weighted by Crippen LogP contribution is -2.40. The topological polar surface area (TPSA) is 56.3 Å². The van der Waals surface area contributed by atoms with E-state index in [0.29, 0.717) is 24.9 Å². The van der Waals surface area contributed by atoms with Crippen LogP contribution in [0.1, 0.15) is 30.1 Å². The maximum Gasteiger partial charge on any atom is 0.433 e. The van der Waals surface area contributed by atoms with Gasteiger partial charge in [-0.1, -0.05) is 6.07 Å². The van der Waals surface area contributed by atoms with E-state index in [2.05, 4.69) is 4.98 Å². The molecule has 1 aliphatic rings. The van der Waals surface area contributed by atoms with Crippen molar-refractivity contribution in [3.8, 4) is 0 Å². The Morgan fingerprint density at radius 2 is 2.17 bits per heavy atom. The first-order chi connectivity index (χ1) is 8.39. The molecule has 1 aliphatic heterocycles. The van der Waals surface area contributed by atoms with Gasteiger partial charge in [0.2, 0.25) is 0 Å². The number of aromatic nitrogens is 1. The minimum absolute atomic E-state index is 0.341. The van der Waals surface area contributed by atoms with Crippen LogP contribution in [0.2, 0.25) is 0 Å². The molecule has 0 bridgehead atoms. The highest BCUT2D eigenvalue weighted by molar-refractivity contribution is 5.63. The van der Waals surface area contributed by atoms with Gasteiger partial charge in [-0.25, -0.2) is 0 Å². The third-order valence-electron chi connectivity index (χ3n) is 2.95. The second kappa shape index (κ2) is 4.47. The van der Waals surface area contributed by atoms with Gasteiger partial charge in [0.25, 0.3) is 0 Å². The zero-order valence-electron chi connectivity index (χ0n) is 9.28. The van der Waals surface area contributed by atoms with Crippen molar-refractivity contribution < 1.29 is 23.1 Å². The fourth-order valence-corrected chi connectivity index (χ4v) is 2.10. The molecular formula is C11H10F3N2O2-. The van der Waals surface area contributed by atoms with E-state index < -0.39 is 24.0 Å². The van der Waals surface area contributed by atoms with Gasteiger partial charge in [0, 0.05) is 12.7 Å². The number of rotatable bonds is 1. The van der Waals surface area contributed by atoms with Gasteiger partial charge >= 0.3 is 6.18 Å². The number of carbonyl (C=O) groups is 1. The highest BCUT2D eigenvalue weighted by Crippen LogP contribution is 2.33. The molecule has 0 radical (unpaired) electrons. The highest BCUT2D eigenvalue weighted by Gasteiger charge is 2.33. The number of carbonyl (C=O) groups excluding carboxylic acids is 1. The van der Waals surface area contributed by atoms with Gasteiger partial charge < -0.3 is 14.8 Å². The average molecular weight is 259 g/mol. The molecule has 1 atom stereocenters. The van der Waals surface area contributed by atoms with E-state index in [4.69, 9.17) is 0 Å². The molecule has 98 valence electrons. The second-order valence-electron chi connectivity index (χ2n) is 4.09. The number of hydrogen-bond acceptors (Lipinski definition) is 3. The summed E-state index contributed by atoms with van der Waals surface area (Å²) in [5.74, 6) is 0. The van der Waals surface area contributed by atoms with Crippen LogP contribution in [0.4, 0.5) is 18.0 Å². The molecule has 18 heavy (non-hydrogen) atoms. The van der Waals surface area contributed by atoms with Gasteiger partial charge in [0.15, 0.2) is 0 Å². The second-order valence-corrected chi connectivity index (χ2v) is 4.09. The van der Waals surface area contributed by atoms with Crippen LogP contribution in [-0.2, 0) is 6.18 Å². The molecule has 1 aromatic heterocycles. The van der Waals surface area contributed by atoms with Crippen molar-refractivity contribution in [3.05, 3.63) is 29.6 Å². The molecule has 0 spiro atoms. The summed E-state index contributed by atoms with van der Waals surface area (Å²) in [5.41, 5.74) is -0.519. The standard InChI is InChI=1S/C11H11F3N2O2/c12-11(13,14)9-4-3-7(6-15-9)8-2-1-5-16(8)10(17)18/h3-4,6,8H,1-2,5H2,(H,17,18)/p-1. The first-order valence-electron chi connectivity index (χ1n) is 5.40. The summed E-state index contributed by atoms with van der Waals surface area (Å²) in [6, 6.07) is 1.67. The molecule has 0 N–H and O–H groups in total. The summed E-state index contributed by atoms with van der Waals surface area (Å²) in [5, 5.41) is 10.8. The lowest BCUT2D eigenvalue weighted by molar-refractivity contribution is -0.266. The number of pyridine rings is 1. The van der Waals surface area contributed by atoms with Crippen molar-refractivity contribution in [3.63, 3.8) is 0 Å². The molecule has 0 saturated carbocycles. The molecule has 7 heteroatoms. The monoisotopic (exact) mass is 259 g/mol. The van der Waals surface area contributed by atoms with Crippen LogP contribution in [-0.4, -0.2) is 22.5 Å². The smallest absolute Gasteiger partial charge is 0.433 e. The first-order valence-corrected chi connectivity index (χ1v) is 5.40. The van der Waals surface area contributed by atoms with Crippen molar-refractivity contribution >= 4 is 6.09 Å². The summed E-state index contributed by atoms with van der Waals surface area (Å²) in [4.78, 5) is 15.3. The summed E-state index contributed by atoms with van der Waals surface area (Å²) < 4.78 is 37.0. The number of amides is 1. The Balaban J connectivity index is 2.22. The fraction of sp³-hybridized carbons (Fsp3) is 0.455. The minimum atomic E-state index is -4.48. The Bertz CT molecular complexity index is 445. The van der Waals surface area contributed by atoms with Crippen LogP contribution >= 0.6 is 0 Å². The van der Waals surface area contributed by atoms with E-state index in [0.717, 1.165) is 17.2 Å². The lowest BCUT2D eigenvalue weighted by atomic mass is 10.1. The van der Waals surface area contributed by atoms with Gasteiger partial charge in [-0.05, 0) is 24.5 Å². The van der Waals surface area contributed by atoms with Crippen LogP contribution in [0.15, 0.2) is 18.3 Å². The molecule has 2 heterocycles. The normalized spacial score (nSPS) is 20.2. The van der Waals surface area contributed by atoms with Crippen molar-refractivity contribution in [1.82, 2.24) is 9.88 Å². The lowest BCUT2D eigenvalue weighted by Gasteiger charge is -2.27. The molecule has 1 unspecified atom stereocenters. The number of hydrogen-bond donors (Lipinski definition) is 0. The summed E-state index contributed by atoms with van der Waals surface area (Å²) in [7, 11) is 0. The van der Waals surface area contributed by atoms with Crippen LogP contribution < -0.4 is 5.11 Å². The van der Waals surface area contributed by atoms with Crippen LogP contribution in [0.3, 0.4) is 0 Å². The quantitative estimate of drug-likeness (QED) is 0.769. The summed E-state index contributed by atoms with van der Waals surface area (Å²) >= 11 is 0. The molecular weight excluding hydrogens is 249 g/mol. The molecule has 2 rings (SSSR count). The predicted octanol–water partition coefficient (Wildman–Crippen LogP) is 1.58. The Labute approximate surface area is 101 Å². The Kier molecular flexibility index (Phi) is 3.14. The molecule has 1 aromatic rings. The maximum absolute atomic E-state index is 12.3. The number of carboxylic acid groups (broad SMARTS) is 1. The van der Waals surface area contributed by atoms with Gasteiger partial charge in [-0.2, -0.15) is 13.2 Å². The maximum atomic E-state index is 12.3. The van der Waals surface area contributed by atoms with E-state index in [9.17, 15) is 23.1 Å². The largest absolute Gasteiger partial charge is 0.530 e. The van der Waals surface area contributed by atoms with Crippen LogP contribution in [0.25, 0.3) is 0 Å². The average Bonchev–Trinajstić information content (AvgIpc) is 2.77. The van der Waals surface area contributed by atoms with E-state index >= 15 is 0 Å². The predicted molar refractivity (Wildman–Crippen MR) is 53.3 cm³/mol. The van der Waals surface area contributed by atoms with E-state index in [1.54, 1.807) is 0 Å². The zero-order chi connectivity index (χ0) is 13.3. The number of halogens is 3. The van der Waals surface area contributed by atoms with Gasteiger partial charge in [-0.15, -0.1) is 0 Å². The van der Waals surface area contributed by atoms with E-state index in [1.807, 2.05) is 0 Å². The Hall–Kier alpha value is -1.79. The Morgan fingerprint density at radius 3 is 2.67 bits per heavy atom. The van der Waals surface area contributed by atoms with Gasteiger partial charge in [0.05, 0.1) is 6.04 Å². The van der Waals surface area contributed by atoms with Crippen molar-refractivity contribution in [2.24, 2.45) is 0 Å². The third-order valence-corrected chi connectivity index (χ3v) is 2.95. The Morgan fingerprint density at radius 1 is 1.44 bits per heavy atom. The number of likely N-dealkylation sites (tertiary alicyclic amines) is 1. The SMILES string of the molecule is O=C([O-])N1CCCC1c1ccc(C(F)(F)F)nc1. The minimum Gasteiger partial charge on any atom is -0.530 e.